The predicted molar refractivity (Wildman–Crippen MR) is 59.9 cm³/mol. The van der Waals surface area contributed by atoms with E-state index >= 15 is 0 Å². The Morgan fingerprint density at radius 3 is 2.23 bits per heavy atom. The van der Waals surface area contributed by atoms with E-state index in [1.54, 1.807) is 0 Å². The fourth-order valence-electron chi connectivity index (χ4n) is 1.60. The Labute approximate surface area is 83.5 Å². The van der Waals surface area contributed by atoms with Crippen LogP contribution in [-0.2, 0) is 0 Å². The van der Waals surface area contributed by atoms with Gasteiger partial charge in [0, 0.05) is 0 Å². The lowest BCUT2D eigenvalue weighted by Crippen LogP contribution is -2.34. The van der Waals surface area contributed by atoms with Crippen molar-refractivity contribution in [3.8, 4) is 0 Å². The molecule has 0 amide bonds. The summed E-state index contributed by atoms with van der Waals surface area (Å²) in [5, 5.41) is 0. The minimum Gasteiger partial charge on any atom is -0.330 e. The first-order valence-electron chi connectivity index (χ1n) is 5.75. The standard InChI is InChI=1S/C9H20N2.C2H6/c1-9-3-7-11(8-4-9)6-2-5-10;1-2/h9H,2-8,10H2,1H3;1-2H3. The summed E-state index contributed by atoms with van der Waals surface area (Å²) in [5.41, 5.74) is 5.45. The van der Waals surface area contributed by atoms with E-state index in [0.29, 0.717) is 0 Å². The second kappa shape index (κ2) is 8.52. The molecular weight excluding hydrogens is 160 g/mol. The third kappa shape index (κ3) is 6.05. The molecule has 2 N–H and O–H groups in total. The molecule has 1 heterocycles. The van der Waals surface area contributed by atoms with Gasteiger partial charge in [0.2, 0.25) is 0 Å². The Morgan fingerprint density at radius 1 is 1.23 bits per heavy atom. The van der Waals surface area contributed by atoms with Crippen LogP contribution in [0.2, 0.25) is 0 Å². The van der Waals surface area contributed by atoms with Gasteiger partial charge < -0.3 is 10.6 Å². The van der Waals surface area contributed by atoms with Crippen LogP contribution in [0.5, 0.6) is 0 Å². The van der Waals surface area contributed by atoms with Crippen LogP contribution in [0.3, 0.4) is 0 Å². The second-order valence-electron chi connectivity index (χ2n) is 3.67. The summed E-state index contributed by atoms with van der Waals surface area (Å²) in [7, 11) is 0. The summed E-state index contributed by atoms with van der Waals surface area (Å²) in [6.45, 7) is 11.0. The van der Waals surface area contributed by atoms with Gasteiger partial charge in [-0.15, -0.1) is 0 Å². The maximum absolute atomic E-state index is 5.45. The lowest BCUT2D eigenvalue weighted by Gasteiger charge is -2.29. The minimum absolute atomic E-state index is 0.839. The van der Waals surface area contributed by atoms with Gasteiger partial charge in [0.05, 0.1) is 0 Å². The third-order valence-corrected chi connectivity index (χ3v) is 2.55. The average Bonchev–Trinajstić information content (AvgIpc) is 2.20. The summed E-state index contributed by atoms with van der Waals surface area (Å²) < 4.78 is 0. The Morgan fingerprint density at radius 2 is 1.77 bits per heavy atom. The van der Waals surface area contributed by atoms with Gasteiger partial charge in [-0.2, -0.15) is 0 Å². The van der Waals surface area contributed by atoms with Crippen LogP contribution < -0.4 is 5.73 Å². The van der Waals surface area contributed by atoms with Gasteiger partial charge >= 0.3 is 0 Å². The Balaban J connectivity index is 0.000000671. The number of rotatable bonds is 3. The second-order valence-corrected chi connectivity index (χ2v) is 3.67. The van der Waals surface area contributed by atoms with E-state index in [0.717, 1.165) is 18.9 Å². The summed E-state index contributed by atoms with van der Waals surface area (Å²) in [6, 6.07) is 0. The molecular formula is C11H26N2. The maximum atomic E-state index is 5.45. The summed E-state index contributed by atoms with van der Waals surface area (Å²) in [6.07, 6.45) is 3.92. The molecule has 0 bridgehead atoms. The molecule has 1 rings (SSSR count). The van der Waals surface area contributed by atoms with Crippen LogP contribution in [0.1, 0.15) is 40.0 Å². The zero-order valence-electron chi connectivity index (χ0n) is 9.55. The predicted octanol–water partition coefficient (Wildman–Crippen LogP) is 2.09. The Hall–Kier alpha value is -0.0800. The van der Waals surface area contributed by atoms with Crippen LogP contribution >= 0.6 is 0 Å². The highest BCUT2D eigenvalue weighted by Crippen LogP contribution is 2.15. The van der Waals surface area contributed by atoms with Gasteiger partial charge in [0.1, 0.15) is 0 Å². The monoisotopic (exact) mass is 186 g/mol. The van der Waals surface area contributed by atoms with Crippen LogP contribution in [0.4, 0.5) is 0 Å². The minimum atomic E-state index is 0.839. The Kier molecular flexibility index (Phi) is 8.46. The summed E-state index contributed by atoms with van der Waals surface area (Å²) >= 11 is 0. The van der Waals surface area contributed by atoms with Crippen molar-refractivity contribution in [3.05, 3.63) is 0 Å². The van der Waals surface area contributed by atoms with Crippen LogP contribution in [0.15, 0.2) is 0 Å². The van der Waals surface area contributed by atoms with E-state index < -0.39 is 0 Å². The van der Waals surface area contributed by atoms with E-state index in [1.165, 1.54) is 32.5 Å². The topological polar surface area (TPSA) is 29.3 Å². The Bertz CT molecular complexity index is 93.5. The molecule has 1 saturated heterocycles. The van der Waals surface area contributed by atoms with Gasteiger partial charge in [-0.25, -0.2) is 0 Å². The van der Waals surface area contributed by atoms with Crippen LogP contribution in [0, 0.1) is 5.92 Å². The number of likely N-dealkylation sites (tertiary alicyclic amines) is 1. The first-order valence-corrected chi connectivity index (χ1v) is 5.75. The molecule has 0 aromatic heterocycles. The molecule has 0 aromatic carbocycles. The van der Waals surface area contributed by atoms with Crippen molar-refractivity contribution in [2.75, 3.05) is 26.2 Å². The molecule has 0 saturated carbocycles. The lowest BCUT2D eigenvalue weighted by atomic mass is 9.99. The summed E-state index contributed by atoms with van der Waals surface area (Å²) in [5.74, 6) is 0.948. The van der Waals surface area contributed by atoms with E-state index in [2.05, 4.69) is 11.8 Å². The van der Waals surface area contributed by atoms with Gasteiger partial charge in [-0.05, 0) is 51.4 Å². The molecule has 2 heteroatoms. The number of nitrogens with two attached hydrogens (primary N) is 1. The number of piperidine rings is 1. The molecule has 0 atom stereocenters. The van der Waals surface area contributed by atoms with Gasteiger partial charge in [0.25, 0.3) is 0 Å². The highest BCUT2D eigenvalue weighted by atomic mass is 15.1. The maximum Gasteiger partial charge on any atom is -0.000671 e. The van der Waals surface area contributed by atoms with Crippen LogP contribution in [0.25, 0.3) is 0 Å². The normalized spacial score (nSPS) is 19.4. The van der Waals surface area contributed by atoms with E-state index in [9.17, 15) is 0 Å². The number of nitrogens with zero attached hydrogens (tertiary/aromatic N) is 1. The highest BCUT2D eigenvalue weighted by Gasteiger charge is 2.14. The first kappa shape index (κ1) is 12.9. The molecule has 2 nitrogen and oxygen atoms in total. The zero-order chi connectivity index (χ0) is 10.1. The molecule has 0 radical (unpaired) electrons. The quantitative estimate of drug-likeness (QED) is 0.731. The fraction of sp³-hybridized carbons (Fsp3) is 1.00. The molecule has 80 valence electrons. The third-order valence-electron chi connectivity index (χ3n) is 2.55. The summed E-state index contributed by atoms with van der Waals surface area (Å²) in [4.78, 5) is 2.53. The molecule has 13 heavy (non-hydrogen) atoms. The van der Waals surface area contributed by atoms with Crippen molar-refractivity contribution in [1.82, 2.24) is 4.90 Å². The van der Waals surface area contributed by atoms with Gasteiger partial charge in [-0.3, -0.25) is 0 Å². The van der Waals surface area contributed by atoms with E-state index in [-0.39, 0.29) is 0 Å². The van der Waals surface area contributed by atoms with Crippen molar-refractivity contribution in [3.63, 3.8) is 0 Å². The van der Waals surface area contributed by atoms with E-state index in [4.69, 9.17) is 5.73 Å². The first-order chi connectivity index (χ1) is 6.33. The lowest BCUT2D eigenvalue weighted by molar-refractivity contribution is 0.191. The van der Waals surface area contributed by atoms with Crippen molar-refractivity contribution in [1.29, 1.82) is 0 Å². The molecule has 0 aliphatic carbocycles. The SMILES string of the molecule is CC.CC1CCN(CCCN)CC1. The number of hydrogen-bond acceptors (Lipinski definition) is 2. The molecule has 1 aliphatic rings. The van der Waals surface area contributed by atoms with Crippen molar-refractivity contribution in [2.45, 2.75) is 40.0 Å². The molecule has 0 aromatic rings. The zero-order valence-corrected chi connectivity index (χ0v) is 9.55. The van der Waals surface area contributed by atoms with Gasteiger partial charge in [-0.1, -0.05) is 20.8 Å². The fourth-order valence-corrected chi connectivity index (χ4v) is 1.60. The van der Waals surface area contributed by atoms with Crippen molar-refractivity contribution < 1.29 is 0 Å². The molecule has 1 fully saturated rings. The number of hydrogen-bond donors (Lipinski definition) is 1. The van der Waals surface area contributed by atoms with Crippen molar-refractivity contribution >= 4 is 0 Å². The van der Waals surface area contributed by atoms with Crippen LogP contribution in [-0.4, -0.2) is 31.1 Å². The van der Waals surface area contributed by atoms with Crippen molar-refractivity contribution in [2.24, 2.45) is 11.7 Å². The highest BCUT2D eigenvalue weighted by molar-refractivity contribution is 4.68. The average molecular weight is 186 g/mol. The smallest absolute Gasteiger partial charge is 0.000671 e. The van der Waals surface area contributed by atoms with E-state index in [1.807, 2.05) is 13.8 Å². The largest absolute Gasteiger partial charge is 0.330 e. The molecule has 0 spiro atoms. The van der Waals surface area contributed by atoms with Gasteiger partial charge in [0.15, 0.2) is 0 Å². The molecule has 0 unspecified atom stereocenters. The molecule has 1 aliphatic heterocycles.